The number of amides is 1. The number of carbonyl (C=O) groups excluding carboxylic acids is 1. The Hall–Kier alpha value is -2.56. The van der Waals surface area contributed by atoms with Crippen LogP contribution in [0.2, 0.25) is 0 Å². The van der Waals surface area contributed by atoms with Gasteiger partial charge in [-0.15, -0.1) is 0 Å². The van der Waals surface area contributed by atoms with Gasteiger partial charge >= 0.3 is 0 Å². The molecule has 134 valence electrons. The summed E-state index contributed by atoms with van der Waals surface area (Å²) < 4.78 is 10.9. The predicted octanol–water partition coefficient (Wildman–Crippen LogP) is 3.59. The molecular formula is C21H22N2O3. The second-order valence-corrected chi connectivity index (χ2v) is 7.29. The minimum absolute atomic E-state index is 0.102. The molecule has 3 heterocycles. The normalized spacial score (nSPS) is 23.8. The number of rotatable bonds is 2. The third-order valence-electron chi connectivity index (χ3n) is 5.81. The summed E-state index contributed by atoms with van der Waals surface area (Å²) >= 11 is 0. The fourth-order valence-electron chi connectivity index (χ4n) is 4.55. The first-order valence-electron chi connectivity index (χ1n) is 9.45. The molecule has 0 spiro atoms. The maximum Gasteiger partial charge on any atom is 0.232 e. The van der Waals surface area contributed by atoms with Crippen molar-refractivity contribution in [1.29, 1.82) is 0 Å². The molecule has 5 nitrogen and oxygen atoms in total. The van der Waals surface area contributed by atoms with E-state index in [-0.39, 0.29) is 24.7 Å². The second-order valence-electron chi connectivity index (χ2n) is 7.29. The Kier molecular flexibility index (Phi) is 3.80. The molecule has 2 atom stereocenters. The number of hydrogen-bond acceptors (Lipinski definition) is 4. The smallest absolute Gasteiger partial charge is 0.232 e. The van der Waals surface area contributed by atoms with Gasteiger partial charge < -0.3 is 14.4 Å². The van der Waals surface area contributed by atoms with Crippen molar-refractivity contribution < 1.29 is 14.3 Å². The number of nitrogens with zero attached hydrogens (tertiary/aromatic N) is 2. The molecule has 0 bridgehead atoms. The van der Waals surface area contributed by atoms with Crippen LogP contribution >= 0.6 is 0 Å². The van der Waals surface area contributed by atoms with Gasteiger partial charge in [0.15, 0.2) is 11.5 Å². The molecule has 0 saturated carbocycles. The molecule has 1 aromatic heterocycles. The Labute approximate surface area is 152 Å². The summed E-state index contributed by atoms with van der Waals surface area (Å²) in [5.41, 5.74) is 3.35. The summed E-state index contributed by atoms with van der Waals surface area (Å²) in [6, 6.07) is 10.3. The molecule has 5 heteroatoms. The zero-order valence-electron chi connectivity index (χ0n) is 14.7. The van der Waals surface area contributed by atoms with Crippen LogP contribution in [0.15, 0.2) is 36.5 Å². The van der Waals surface area contributed by atoms with Crippen LogP contribution in [0.1, 0.15) is 54.5 Å². The van der Waals surface area contributed by atoms with Crippen molar-refractivity contribution in [1.82, 2.24) is 9.88 Å². The fourth-order valence-corrected chi connectivity index (χ4v) is 4.55. The van der Waals surface area contributed by atoms with Crippen LogP contribution in [-0.4, -0.2) is 29.1 Å². The summed E-state index contributed by atoms with van der Waals surface area (Å²) in [5, 5.41) is 0. The Balaban J connectivity index is 1.43. The molecule has 1 aliphatic carbocycles. The molecule has 1 amide bonds. The first kappa shape index (κ1) is 15.7. The van der Waals surface area contributed by atoms with Crippen molar-refractivity contribution in [2.45, 2.75) is 44.1 Å². The summed E-state index contributed by atoms with van der Waals surface area (Å²) in [6.07, 6.45) is 6.81. The average Bonchev–Trinajstić information content (AvgIpc) is 3.35. The van der Waals surface area contributed by atoms with E-state index in [9.17, 15) is 4.79 Å². The largest absolute Gasteiger partial charge is 0.454 e. The van der Waals surface area contributed by atoms with Crippen molar-refractivity contribution in [2.24, 2.45) is 0 Å². The van der Waals surface area contributed by atoms with Gasteiger partial charge in [-0.05, 0) is 61.4 Å². The minimum atomic E-state index is -0.102. The van der Waals surface area contributed by atoms with Gasteiger partial charge in [0.05, 0.1) is 17.7 Å². The number of likely N-dealkylation sites (tertiary alicyclic amines) is 1. The molecule has 0 radical (unpaired) electrons. The van der Waals surface area contributed by atoms with Gasteiger partial charge in [0.25, 0.3) is 0 Å². The predicted molar refractivity (Wildman–Crippen MR) is 96.2 cm³/mol. The van der Waals surface area contributed by atoms with Crippen molar-refractivity contribution >= 4 is 5.91 Å². The molecule has 0 unspecified atom stereocenters. The van der Waals surface area contributed by atoms with E-state index in [1.807, 2.05) is 24.4 Å². The number of hydrogen-bond donors (Lipinski definition) is 0. The topological polar surface area (TPSA) is 51.7 Å². The number of ether oxygens (including phenoxy) is 2. The third kappa shape index (κ3) is 2.54. The van der Waals surface area contributed by atoms with Crippen LogP contribution in [0.5, 0.6) is 11.5 Å². The Morgan fingerprint density at radius 2 is 2.04 bits per heavy atom. The highest BCUT2D eigenvalue weighted by Gasteiger charge is 2.37. The fraction of sp³-hybridized carbons (Fsp3) is 0.429. The van der Waals surface area contributed by atoms with Gasteiger partial charge in [0.1, 0.15) is 0 Å². The SMILES string of the molecule is O=C([C@@H]1CCCc2cccnc21)N1CCC[C@@H]1c1ccc2c(c1)OCO2. The molecule has 5 rings (SSSR count). The van der Waals surface area contributed by atoms with Gasteiger partial charge in [-0.25, -0.2) is 0 Å². The standard InChI is InChI=1S/C21H22N2O3/c24-21(16-6-1-4-14-5-2-10-22-20(14)16)23-11-3-7-17(23)15-8-9-18-19(12-15)26-13-25-18/h2,5,8-10,12,16-17H,1,3-4,6-7,11,13H2/t16-,17-/m1/s1. The van der Waals surface area contributed by atoms with Crippen molar-refractivity contribution in [3.05, 3.63) is 53.3 Å². The molecular weight excluding hydrogens is 328 g/mol. The maximum absolute atomic E-state index is 13.4. The van der Waals surface area contributed by atoms with E-state index in [1.54, 1.807) is 0 Å². The maximum atomic E-state index is 13.4. The molecule has 2 aliphatic heterocycles. The highest BCUT2D eigenvalue weighted by Crippen LogP contribution is 2.41. The van der Waals surface area contributed by atoms with Crippen LogP contribution in [0.4, 0.5) is 0 Å². The van der Waals surface area contributed by atoms with Gasteiger partial charge in [0, 0.05) is 12.7 Å². The Bertz CT molecular complexity index is 851. The van der Waals surface area contributed by atoms with E-state index >= 15 is 0 Å². The zero-order chi connectivity index (χ0) is 17.5. The highest BCUT2D eigenvalue weighted by molar-refractivity contribution is 5.84. The molecule has 2 aromatic rings. The van der Waals surface area contributed by atoms with Gasteiger partial charge in [-0.1, -0.05) is 12.1 Å². The number of fused-ring (bicyclic) bond motifs is 2. The Morgan fingerprint density at radius 1 is 1.12 bits per heavy atom. The molecule has 1 fully saturated rings. The lowest BCUT2D eigenvalue weighted by Crippen LogP contribution is -2.36. The van der Waals surface area contributed by atoms with E-state index in [2.05, 4.69) is 22.0 Å². The Morgan fingerprint density at radius 3 is 3.00 bits per heavy atom. The number of benzene rings is 1. The highest BCUT2D eigenvalue weighted by atomic mass is 16.7. The summed E-state index contributed by atoms with van der Waals surface area (Å²) in [5.74, 6) is 1.70. The third-order valence-corrected chi connectivity index (χ3v) is 5.81. The van der Waals surface area contributed by atoms with Crippen molar-refractivity contribution in [3.8, 4) is 11.5 Å². The van der Waals surface area contributed by atoms with Crippen molar-refractivity contribution in [2.75, 3.05) is 13.3 Å². The zero-order valence-corrected chi connectivity index (χ0v) is 14.7. The van der Waals surface area contributed by atoms with Crippen molar-refractivity contribution in [3.63, 3.8) is 0 Å². The van der Waals surface area contributed by atoms with Crippen LogP contribution in [0, 0.1) is 0 Å². The lowest BCUT2D eigenvalue weighted by Gasteiger charge is -2.31. The van der Waals surface area contributed by atoms with Gasteiger partial charge in [-0.2, -0.15) is 0 Å². The quantitative estimate of drug-likeness (QED) is 0.830. The number of aromatic nitrogens is 1. The van der Waals surface area contributed by atoms with E-state index in [4.69, 9.17) is 9.47 Å². The van der Waals surface area contributed by atoms with Crippen LogP contribution in [0.25, 0.3) is 0 Å². The summed E-state index contributed by atoms with van der Waals surface area (Å²) in [7, 11) is 0. The van der Waals surface area contributed by atoms with Crippen LogP contribution < -0.4 is 9.47 Å². The van der Waals surface area contributed by atoms with Crippen LogP contribution in [0.3, 0.4) is 0 Å². The first-order valence-corrected chi connectivity index (χ1v) is 9.45. The molecule has 1 aromatic carbocycles. The molecule has 1 saturated heterocycles. The molecule has 0 N–H and O–H groups in total. The molecule has 3 aliphatic rings. The molecule has 26 heavy (non-hydrogen) atoms. The monoisotopic (exact) mass is 350 g/mol. The second kappa shape index (κ2) is 6.31. The van der Waals surface area contributed by atoms with E-state index in [0.29, 0.717) is 0 Å². The lowest BCUT2D eigenvalue weighted by molar-refractivity contribution is -0.134. The van der Waals surface area contributed by atoms with Gasteiger partial charge in [0.2, 0.25) is 12.7 Å². The summed E-state index contributed by atoms with van der Waals surface area (Å²) in [4.78, 5) is 20.0. The number of carbonyl (C=O) groups is 1. The summed E-state index contributed by atoms with van der Waals surface area (Å²) in [6.45, 7) is 1.09. The first-order chi connectivity index (χ1) is 12.8. The van der Waals surface area contributed by atoms with E-state index in [1.165, 1.54) is 5.56 Å². The van der Waals surface area contributed by atoms with E-state index < -0.39 is 0 Å². The lowest BCUT2D eigenvalue weighted by atomic mass is 9.85. The number of pyridine rings is 1. The number of aryl methyl sites for hydroxylation is 1. The van der Waals surface area contributed by atoms with E-state index in [0.717, 1.165) is 61.4 Å². The van der Waals surface area contributed by atoms with Crippen LogP contribution in [-0.2, 0) is 11.2 Å². The van der Waals surface area contributed by atoms with Gasteiger partial charge in [-0.3, -0.25) is 9.78 Å². The average molecular weight is 350 g/mol. The minimum Gasteiger partial charge on any atom is -0.454 e.